The van der Waals surface area contributed by atoms with Gasteiger partial charge >= 0.3 is 0 Å². The zero-order valence-electron chi connectivity index (χ0n) is 58.6. The smallest absolute Gasteiger partial charge is 0.252 e. The highest BCUT2D eigenvalue weighted by atomic mass is 15.2. The fourth-order valence-corrected chi connectivity index (χ4v) is 17.4. The number of hydrogen-bond acceptors (Lipinski definition) is 2. The van der Waals surface area contributed by atoms with E-state index in [2.05, 4.69) is 394 Å². The summed E-state index contributed by atoms with van der Waals surface area (Å²) in [7, 11) is 0. The Morgan fingerprint density at radius 3 is 1.12 bits per heavy atom. The van der Waals surface area contributed by atoms with Gasteiger partial charge in [-0.15, -0.1) is 0 Å². The van der Waals surface area contributed by atoms with Crippen LogP contribution in [0.25, 0.3) is 132 Å². The van der Waals surface area contributed by atoms with Crippen molar-refractivity contribution in [2.75, 3.05) is 9.80 Å². The summed E-state index contributed by atoms with van der Waals surface area (Å²) < 4.78 is 5.00. The predicted molar refractivity (Wildman–Crippen MR) is 439 cm³/mol. The Morgan fingerprint density at radius 1 is 0.252 bits per heavy atom. The Hall–Kier alpha value is -12.4. The molecule has 5 heterocycles. The van der Waals surface area contributed by atoms with E-state index in [4.69, 9.17) is 0 Å². The molecular weight excluding hydrogens is 1240 g/mol. The lowest BCUT2D eigenvalue weighted by Gasteiger charge is -2.46. The van der Waals surface area contributed by atoms with Gasteiger partial charge in [0, 0.05) is 83.0 Å². The van der Waals surface area contributed by atoms with Gasteiger partial charge in [-0.25, -0.2) is 0 Å². The van der Waals surface area contributed by atoms with Crippen molar-refractivity contribution in [3.63, 3.8) is 0 Å². The highest BCUT2D eigenvalue weighted by Crippen LogP contribution is 2.55. The summed E-state index contributed by atoms with van der Waals surface area (Å²) in [5.41, 5.74) is 33.8. The average molecular weight is 1320 g/mol. The lowest BCUT2D eigenvalue weighted by molar-refractivity contribution is 0.569. The van der Waals surface area contributed by atoms with Crippen LogP contribution in [0.3, 0.4) is 0 Å². The molecule has 0 spiro atoms. The molecule has 0 saturated carbocycles. The van der Waals surface area contributed by atoms with Crippen LogP contribution in [-0.4, -0.2) is 15.7 Å². The van der Waals surface area contributed by atoms with Crippen LogP contribution in [0.2, 0.25) is 0 Å². The van der Waals surface area contributed by atoms with Crippen molar-refractivity contribution in [2.24, 2.45) is 0 Å². The van der Waals surface area contributed by atoms with Crippen molar-refractivity contribution in [3.05, 3.63) is 345 Å². The van der Waals surface area contributed by atoms with Gasteiger partial charge in [-0.05, 0) is 144 Å². The minimum absolute atomic E-state index is 0.0991. The molecule has 0 saturated heterocycles. The van der Waals surface area contributed by atoms with E-state index < -0.39 is 0 Å². The SMILES string of the molecule is CC(C)(C)c1cc(-c2ccc3c(c2)N(c2c(-c4ccccc4)cccc2-c2ccccc2)c2cc(-c4ccc5c(c4)c4cccc6c7ccccc7n5c64)cc4c2B3c2ccc(-n3c5ccccc5c5ccccc53)cc2N4c2c(-c3ccccc3)cccc2-c2ccccc2)cc(C(C)(C)C)c1. The average Bonchev–Trinajstić information content (AvgIpc) is 1.20. The number of anilines is 6. The lowest BCUT2D eigenvalue weighted by Crippen LogP contribution is -2.61. The van der Waals surface area contributed by atoms with Crippen molar-refractivity contribution in [2.45, 2.75) is 52.4 Å². The summed E-state index contributed by atoms with van der Waals surface area (Å²) in [6, 6.07) is 127. The van der Waals surface area contributed by atoms with Gasteiger partial charge in [0.05, 0.1) is 39.0 Å². The van der Waals surface area contributed by atoms with Crippen molar-refractivity contribution in [1.29, 1.82) is 0 Å². The van der Waals surface area contributed by atoms with Crippen molar-refractivity contribution in [1.82, 2.24) is 8.97 Å². The van der Waals surface area contributed by atoms with E-state index in [1.54, 1.807) is 0 Å². The van der Waals surface area contributed by atoms with Crippen LogP contribution >= 0.6 is 0 Å². The zero-order chi connectivity index (χ0) is 69.0. The number of fused-ring (bicyclic) bond motifs is 13. The van der Waals surface area contributed by atoms with Gasteiger partial charge in [0.15, 0.2) is 0 Å². The van der Waals surface area contributed by atoms with Crippen LogP contribution < -0.4 is 26.2 Å². The number of hydrogen-bond donors (Lipinski definition) is 0. The molecule has 0 radical (unpaired) electrons. The molecule has 4 nitrogen and oxygen atoms in total. The zero-order valence-corrected chi connectivity index (χ0v) is 58.6. The first-order chi connectivity index (χ1) is 50.4. The number of rotatable bonds is 9. The molecule has 0 N–H and O–H groups in total. The molecule has 5 heteroatoms. The summed E-state index contributed by atoms with van der Waals surface area (Å²) in [5, 5.41) is 7.48. The molecule has 0 fully saturated rings. The summed E-state index contributed by atoms with van der Waals surface area (Å²) in [6.07, 6.45) is 0. The summed E-state index contributed by atoms with van der Waals surface area (Å²) in [6.45, 7) is 13.9. The molecule has 2 aliphatic rings. The number of nitrogens with zero attached hydrogens (tertiary/aromatic N) is 4. The van der Waals surface area contributed by atoms with Crippen LogP contribution in [0, 0.1) is 0 Å². The Balaban J connectivity index is 0.967. The highest BCUT2D eigenvalue weighted by Gasteiger charge is 2.46. The lowest BCUT2D eigenvalue weighted by atomic mass is 9.33. The Bertz CT molecular complexity index is 6250. The van der Waals surface area contributed by atoms with E-state index in [0.29, 0.717) is 0 Å². The van der Waals surface area contributed by atoms with E-state index in [1.165, 1.54) is 98.5 Å². The molecule has 18 aromatic rings. The second kappa shape index (κ2) is 23.1. The molecule has 20 rings (SSSR count). The molecule has 2 aliphatic heterocycles. The number of benzene rings is 15. The normalized spacial score (nSPS) is 12.9. The van der Waals surface area contributed by atoms with E-state index >= 15 is 0 Å². The highest BCUT2D eigenvalue weighted by molar-refractivity contribution is 7.00. The maximum absolute atomic E-state index is 2.71. The first kappa shape index (κ1) is 60.5. The van der Waals surface area contributed by atoms with Crippen molar-refractivity contribution in [3.8, 4) is 72.4 Å². The van der Waals surface area contributed by atoms with Crippen molar-refractivity contribution < 1.29 is 0 Å². The Kier molecular flexibility index (Phi) is 13.5. The van der Waals surface area contributed by atoms with Crippen LogP contribution in [0.1, 0.15) is 52.7 Å². The maximum atomic E-state index is 2.71. The van der Waals surface area contributed by atoms with E-state index in [1.807, 2.05) is 0 Å². The molecule has 3 aromatic heterocycles. The second-order valence-corrected chi connectivity index (χ2v) is 30.4. The predicted octanol–water partition coefficient (Wildman–Crippen LogP) is 24.6. The molecule has 0 amide bonds. The van der Waals surface area contributed by atoms with E-state index in [0.717, 1.165) is 95.4 Å². The van der Waals surface area contributed by atoms with Gasteiger partial charge in [0.25, 0.3) is 6.71 Å². The summed E-state index contributed by atoms with van der Waals surface area (Å²) >= 11 is 0. The van der Waals surface area contributed by atoms with Crippen LogP contribution in [0.5, 0.6) is 0 Å². The van der Waals surface area contributed by atoms with Crippen LogP contribution in [-0.2, 0) is 10.8 Å². The first-order valence-corrected chi connectivity index (χ1v) is 36.3. The van der Waals surface area contributed by atoms with Gasteiger partial charge in [-0.2, -0.15) is 0 Å². The minimum atomic E-state index is -0.242. The van der Waals surface area contributed by atoms with Gasteiger partial charge in [0.2, 0.25) is 0 Å². The van der Waals surface area contributed by atoms with Gasteiger partial charge in [0.1, 0.15) is 0 Å². The molecule has 488 valence electrons. The summed E-state index contributed by atoms with van der Waals surface area (Å²) in [5.74, 6) is 0. The van der Waals surface area contributed by atoms with Gasteiger partial charge in [-0.1, -0.05) is 315 Å². The third kappa shape index (κ3) is 9.45. The Labute approximate surface area is 601 Å². The molecular formula is C98H73BN4. The number of para-hydroxylation sites is 6. The van der Waals surface area contributed by atoms with Crippen LogP contribution in [0.4, 0.5) is 34.1 Å². The molecule has 0 unspecified atom stereocenters. The standard InChI is InChI=1S/C98H73BN4/c1-97(2,3)70-54-68(55-71(60-70)98(4,5)6)67-48-51-83-89(57-67)102(94-73(62-28-11-7-12-29-62)39-25-40-74(94)63-30-13-8-14-31-63)91-58-69(66-49-53-88-82(56-66)81-44-27-43-80-79-38-21-24-47-87(79)101(88)96(80)81)59-92-93(91)99(83)84-52-50-72(100-85-45-22-19-36-77(85)78-37-20-23-46-86(78)100)61-90(84)103(92)95-75(64-32-15-9-16-33-64)41-26-42-76(95)65-34-17-10-18-35-65/h7-61H,1-6H3. The fraction of sp³-hybridized carbons (Fsp3) is 0.0816. The molecule has 0 bridgehead atoms. The van der Waals surface area contributed by atoms with Gasteiger partial charge in [-0.3, -0.25) is 0 Å². The van der Waals surface area contributed by atoms with E-state index in [9.17, 15) is 0 Å². The second-order valence-electron chi connectivity index (χ2n) is 30.4. The molecule has 103 heavy (non-hydrogen) atoms. The quantitative estimate of drug-likeness (QED) is 0.134. The largest absolute Gasteiger partial charge is 0.310 e. The topological polar surface area (TPSA) is 15.8 Å². The fourth-order valence-electron chi connectivity index (χ4n) is 17.4. The number of aromatic nitrogens is 2. The molecule has 0 aliphatic carbocycles. The molecule has 0 atom stereocenters. The minimum Gasteiger partial charge on any atom is -0.310 e. The first-order valence-electron chi connectivity index (χ1n) is 36.3. The maximum Gasteiger partial charge on any atom is 0.252 e. The Morgan fingerprint density at radius 2 is 0.621 bits per heavy atom. The van der Waals surface area contributed by atoms with Gasteiger partial charge < -0.3 is 18.8 Å². The monoisotopic (exact) mass is 1320 g/mol. The van der Waals surface area contributed by atoms with Crippen LogP contribution in [0.15, 0.2) is 334 Å². The van der Waals surface area contributed by atoms with E-state index in [-0.39, 0.29) is 17.5 Å². The summed E-state index contributed by atoms with van der Waals surface area (Å²) in [4.78, 5) is 5.41. The molecule has 15 aromatic carbocycles. The third-order valence-electron chi connectivity index (χ3n) is 22.3. The van der Waals surface area contributed by atoms with Crippen molar-refractivity contribution >= 4 is 117 Å². The third-order valence-corrected chi connectivity index (χ3v) is 22.3.